The molecule has 6 nitrogen and oxygen atoms in total. The molecule has 3 rings (SSSR count). The van der Waals surface area contributed by atoms with E-state index < -0.39 is 23.2 Å². The van der Waals surface area contributed by atoms with Gasteiger partial charge >= 0.3 is 0 Å². The summed E-state index contributed by atoms with van der Waals surface area (Å²) in [7, 11) is 0. The SMILES string of the molecule is CC(C)(F)C1CNCCN1c1nc(-c2ccnc(F)c2)[nH]c(=O)c1Cl. The summed E-state index contributed by atoms with van der Waals surface area (Å²) in [5.74, 6) is -0.351. The van der Waals surface area contributed by atoms with E-state index in [1.54, 1.807) is 4.90 Å². The van der Waals surface area contributed by atoms with Crippen LogP contribution in [0.25, 0.3) is 11.4 Å². The van der Waals surface area contributed by atoms with Crippen LogP contribution < -0.4 is 15.8 Å². The van der Waals surface area contributed by atoms with E-state index in [1.807, 2.05) is 0 Å². The third kappa shape index (κ3) is 3.64. The van der Waals surface area contributed by atoms with Gasteiger partial charge in [-0.05, 0) is 19.9 Å². The lowest BCUT2D eigenvalue weighted by Gasteiger charge is -2.42. The topological polar surface area (TPSA) is 73.9 Å². The largest absolute Gasteiger partial charge is 0.346 e. The molecule has 0 amide bonds. The van der Waals surface area contributed by atoms with Crippen molar-refractivity contribution in [2.75, 3.05) is 24.5 Å². The minimum absolute atomic E-state index is 0.116. The summed E-state index contributed by atoms with van der Waals surface area (Å²) in [6, 6.07) is 2.13. The second-order valence-electron chi connectivity index (χ2n) is 6.40. The smallest absolute Gasteiger partial charge is 0.272 e. The van der Waals surface area contributed by atoms with E-state index in [1.165, 1.54) is 26.1 Å². The summed E-state index contributed by atoms with van der Waals surface area (Å²) < 4.78 is 28.0. The molecule has 0 bridgehead atoms. The zero-order valence-electron chi connectivity index (χ0n) is 13.8. The number of nitrogens with zero attached hydrogens (tertiary/aromatic N) is 3. The number of nitrogens with one attached hydrogen (secondary N) is 2. The van der Waals surface area contributed by atoms with Crippen LogP contribution in [-0.4, -0.2) is 46.3 Å². The quantitative estimate of drug-likeness (QED) is 0.811. The third-order valence-corrected chi connectivity index (χ3v) is 4.49. The van der Waals surface area contributed by atoms with Crippen molar-refractivity contribution in [2.24, 2.45) is 0 Å². The van der Waals surface area contributed by atoms with Crippen LogP contribution in [0.4, 0.5) is 14.6 Å². The molecular weight excluding hydrogens is 352 g/mol. The highest BCUT2D eigenvalue weighted by Gasteiger charge is 2.38. The number of hydrogen-bond acceptors (Lipinski definition) is 5. The van der Waals surface area contributed by atoms with Crippen molar-refractivity contribution in [1.29, 1.82) is 0 Å². The van der Waals surface area contributed by atoms with Gasteiger partial charge in [-0.1, -0.05) is 11.6 Å². The van der Waals surface area contributed by atoms with Crippen LogP contribution in [0, 0.1) is 5.95 Å². The molecule has 1 aliphatic rings. The van der Waals surface area contributed by atoms with Gasteiger partial charge in [0.25, 0.3) is 5.56 Å². The molecule has 1 saturated heterocycles. The van der Waals surface area contributed by atoms with Crippen molar-refractivity contribution >= 4 is 17.4 Å². The highest BCUT2D eigenvalue weighted by atomic mass is 35.5. The molecule has 2 aromatic heterocycles. The molecule has 2 N–H and O–H groups in total. The van der Waals surface area contributed by atoms with Crippen molar-refractivity contribution in [3.05, 3.63) is 39.7 Å². The van der Waals surface area contributed by atoms with E-state index in [2.05, 4.69) is 20.3 Å². The number of rotatable bonds is 3. The van der Waals surface area contributed by atoms with Crippen LogP contribution >= 0.6 is 11.6 Å². The van der Waals surface area contributed by atoms with Crippen molar-refractivity contribution < 1.29 is 8.78 Å². The summed E-state index contributed by atoms with van der Waals surface area (Å²) in [5, 5.41) is 3.02. The Kier molecular flexibility index (Phi) is 4.75. The Bertz CT molecular complexity index is 836. The second-order valence-corrected chi connectivity index (χ2v) is 6.78. The minimum atomic E-state index is -1.54. The molecule has 1 atom stereocenters. The fourth-order valence-corrected chi connectivity index (χ4v) is 3.09. The van der Waals surface area contributed by atoms with E-state index >= 15 is 0 Å². The van der Waals surface area contributed by atoms with Gasteiger partial charge in [-0.25, -0.2) is 14.4 Å². The number of hydrogen-bond donors (Lipinski definition) is 2. The van der Waals surface area contributed by atoms with Gasteiger partial charge in [-0.3, -0.25) is 4.79 Å². The number of alkyl halides is 1. The maximum atomic E-state index is 14.6. The Morgan fingerprint density at radius 2 is 2.20 bits per heavy atom. The monoisotopic (exact) mass is 369 g/mol. The number of halogens is 3. The Hall–Kier alpha value is -2.06. The van der Waals surface area contributed by atoms with Gasteiger partial charge < -0.3 is 15.2 Å². The van der Waals surface area contributed by atoms with E-state index in [9.17, 15) is 13.6 Å². The van der Waals surface area contributed by atoms with Crippen molar-refractivity contribution in [1.82, 2.24) is 20.3 Å². The van der Waals surface area contributed by atoms with Gasteiger partial charge in [0.1, 0.15) is 16.5 Å². The average Bonchev–Trinajstić information content (AvgIpc) is 2.56. The molecular formula is C16H18ClF2N5O. The van der Waals surface area contributed by atoms with Gasteiger partial charge in [-0.15, -0.1) is 0 Å². The van der Waals surface area contributed by atoms with Gasteiger partial charge in [0.05, 0.1) is 6.04 Å². The average molecular weight is 370 g/mol. The number of aromatic amines is 1. The molecule has 25 heavy (non-hydrogen) atoms. The van der Waals surface area contributed by atoms with Gasteiger partial charge in [0, 0.05) is 37.5 Å². The lowest BCUT2D eigenvalue weighted by atomic mass is 9.97. The van der Waals surface area contributed by atoms with Crippen molar-refractivity contribution in [3.63, 3.8) is 0 Å². The lowest BCUT2D eigenvalue weighted by Crippen LogP contribution is -2.59. The summed E-state index contributed by atoms with van der Waals surface area (Å²) >= 11 is 6.16. The molecule has 1 unspecified atom stereocenters. The number of anilines is 1. The fraction of sp³-hybridized carbons (Fsp3) is 0.438. The van der Waals surface area contributed by atoms with E-state index in [0.29, 0.717) is 25.2 Å². The van der Waals surface area contributed by atoms with Crippen LogP contribution in [0.2, 0.25) is 5.02 Å². The molecule has 3 heterocycles. The molecule has 2 aromatic rings. The highest BCUT2D eigenvalue weighted by molar-refractivity contribution is 6.32. The van der Waals surface area contributed by atoms with Crippen molar-refractivity contribution in [2.45, 2.75) is 25.6 Å². The summed E-state index contributed by atoms with van der Waals surface area (Å²) in [6.07, 6.45) is 1.28. The summed E-state index contributed by atoms with van der Waals surface area (Å²) in [5.41, 5.74) is -1.74. The molecule has 0 aliphatic carbocycles. The standard InChI is InChI=1S/C16H18ClF2N5O/c1-16(2,19)10-8-20-5-6-24(10)14-12(17)15(25)23-13(22-14)9-3-4-21-11(18)7-9/h3-4,7,10,20H,5-6,8H2,1-2H3,(H,22,23,25). The van der Waals surface area contributed by atoms with Crippen LogP contribution in [0.5, 0.6) is 0 Å². The number of aromatic nitrogens is 3. The molecule has 0 saturated carbocycles. The predicted octanol–water partition coefficient (Wildman–Crippen LogP) is 2.15. The third-order valence-electron chi connectivity index (χ3n) is 4.15. The number of piperazine rings is 1. The maximum Gasteiger partial charge on any atom is 0.272 e. The van der Waals surface area contributed by atoms with Crippen LogP contribution in [0.1, 0.15) is 13.8 Å². The maximum absolute atomic E-state index is 14.6. The van der Waals surface area contributed by atoms with E-state index in [4.69, 9.17) is 11.6 Å². The van der Waals surface area contributed by atoms with Gasteiger partial charge in [0.15, 0.2) is 5.82 Å². The lowest BCUT2D eigenvalue weighted by molar-refractivity contribution is 0.155. The molecule has 0 radical (unpaired) electrons. The second kappa shape index (κ2) is 6.68. The normalized spacial score (nSPS) is 18.4. The molecule has 0 spiro atoms. The van der Waals surface area contributed by atoms with Crippen LogP contribution in [0.3, 0.4) is 0 Å². The highest BCUT2D eigenvalue weighted by Crippen LogP contribution is 2.30. The fourth-order valence-electron chi connectivity index (χ4n) is 2.89. The molecule has 0 aromatic carbocycles. The minimum Gasteiger partial charge on any atom is -0.346 e. The van der Waals surface area contributed by atoms with Gasteiger partial charge in [-0.2, -0.15) is 4.39 Å². The number of H-pyrrole nitrogens is 1. The first-order valence-electron chi connectivity index (χ1n) is 7.85. The zero-order valence-corrected chi connectivity index (χ0v) is 14.6. The first kappa shape index (κ1) is 17.8. The molecule has 1 aliphatic heterocycles. The summed E-state index contributed by atoms with van der Waals surface area (Å²) in [6.45, 7) is 4.39. The molecule has 1 fully saturated rings. The van der Waals surface area contributed by atoms with Crippen LogP contribution in [0.15, 0.2) is 23.1 Å². The predicted molar refractivity (Wildman–Crippen MR) is 92.2 cm³/mol. The molecule has 9 heteroatoms. The first-order valence-corrected chi connectivity index (χ1v) is 8.23. The summed E-state index contributed by atoms with van der Waals surface area (Å²) in [4.78, 5) is 24.3. The number of pyridine rings is 1. The Labute approximate surface area is 148 Å². The van der Waals surface area contributed by atoms with E-state index in [-0.39, 0.29) is 16.7 Å². The van der Waals surface area contributed by atoms with E-state index in [0.717, 1.165) is 6.07 Å². The van der Waals surface area contributed by atoms with Crippen LogP contribution in [-0.2, 0) is 0 Å². The van der Waals surface area contributed by atoms with Gasteiger partial charge in [0.2, 0.25) is 5.95 Å². The Balaban J connectivity index is 2.10. The zero-order chi connectivity index (χ0) is 18.2. The van der Waals surface area contributed by atoms with Crippen molar-refractivity contribution in [3.8, 4) is 11.4 Å². The first-order chi connectivity index (χ1) is 11.8. The Morgan fingerprint density at radius 3 is 2.88 bits per heavy atom. The molecule has 134 valence electrons. The Morgan fingerprint density at radius 1 is 1.44 bits per heavy atom.